The van der Waals surface area contributed by atoms with Gasteiger partial charge in [0.25, 0.3) is 5.79 Å². The van der Waals surface area contributed by atoms with Gasteiger partial charge in [-0.2, -0.15) is 0 Å². The van der Waals surface area contributed by atoms with Crippen molar-refractivity contribution in [2.24, 2.45) is 11.8 Å². The van der Waals surface area contributed by atoms with Crippen LogP contribution in [0.4, 0.5) is 0 Å². The molecule has 2 aromatic carbocycles. The van der Waals surface area contributed by atoms with Gasteiger partial charge in [0, 0.05) is 22.4 Å². The maximum Gasteiger partial charge on any atom is 0.257 e. The van der Waals surface area contributed by atoms with E-state index >= 15 is 0 Å². The Balaban J connectivity index is 1.67. The van der Waals surface area contributed by atoms with Crippen LogP contribution in [0.2, 0.25) is 0 Å². The van der Waals surface area contributed by atoms with Crippen LogP contribution < -0.4 is 20.1 Å². The Morgan fingerprint density at radius 3 is 1.25 bits per heavy atom. The minimum Gasteiger partial charge on any atom is -0.451 e. The molecule has 1 aliphatic carbocycles. The summed E-state index contributed by atoms with van der Waals surface area (Å²) in [6.07, 6.45) is 5.74. The van der Waals surface area contributed by atoms with Gasteiger partial charge in [0.05, 0.1) is 0 Å². The van der Waals surface area contributed by atoms with Crippen molar-refractivity contribution in [3.63, 3.8) is 0 Å². The number of para-hydroxylation sites is 2. The predicted octanol–water partition coefficient (Wildman–Crippen LogP) is 9.78. The molecule has 5 rings (SSSR count). The Labute approximate surface area is 247 Å². The molecule has 2 nitrogen and oxygen atoms in total. The summed E-state index contributed by atoms with van der Waals surface area (Å²) < 4.78 is 15.0. The molecule has 1 spiro atoms. The largest absolute Gasteiger partial charge is 0.451 e. The summed E-state index contributed by atoms with van der Waals surface area (Å²) in [6.45, 7) is 29.0. The van der Waals surface area contributed by atoms with Gasteiger partial charge in [0.15, 0.2) is 0 Å². The zero-order valence-electron chi connectivity index (χ0n) is 27.4. The quantitative estimate of drug-likeness (QED) is 0.329. The summed E-state index contributed by atoms with van der Waals surface area (Å²) in [4.78, 5) is 0. The molecule has 3 aliphatic rings. The minimum absolute atomic E-state index is 0.176. The topological polar surface area (TPSA) is 18.5 Å². The SMILES string of the molecule is CC(C)(C)P(c1cccc2c1O[C@]13Oc4c(cccc4P(C(C)(C)C)C(C)(C)C)C[C@H]1CCCC3C2)C(C)(C)C. The molecule has 3 atom stereocenters. The molecule has 2 aromatic rings. The highest BCUT2D eigenvalue weighted by Gasteiger charge is 2.58. The van der Waals surface area contributed by atoms with Crippen LogP contribution in [0.5, 0.6) is 11.5 Å². The predicted molar refractivity (Wildman–Crippen MR) is 177 cm³/mol. The lowest BCUT2D eigenvalue weighted by atomic mass is 9.68. The van der Waals surface area contributed by atoms with Crippen LogP contribution in [0.3, 0.4) is 0 Å². The molecule has 0 bridgehead atoms. The van der Waals surface area contributed by atoms with Gasteiger partial charge in [0.1, 0.15) is 11.5 Å². The first-order chi connectivity index (χ1) is 18.3. The number of rotatable bonds is 2. The van der Waals surface area contributed by atoms with Crippen molar-refractivity contribution in [1.29, 1.82) is 0 Å². The van der Waals surface area contributed by atoms with E-state index in [1.54, 1.807) is 0 Å². The number of ether oxygens (including phenoxy) is 2. The summed E-state index contributed by atoms with van der Waals surface area (Å²) in [5.74, 6) is 2.51. The van der Waals surface area contributed by atoms with E-state index < -0.39 is 21.6 Å². The Morgan fingerprint density at radius 2 is 0.925 bits per heavy atom. The second-order valence-electron chi connectivity index (χ2n) is 16.5. The third kappa shape index (κ3) is 5.28. The van der Waals surface area contributed by atoms with Crippen molar-refractivity contribution in [2.75, 3.05) is 0 Å². The van der Waals surface area contributed by atoms with Gasteiger partial charge in [-0.1, -0.05) is 142 Å². The van der Waals surface area contributed by atoms with Crippen molar-refractivity contribution < 1.29 is 9.47 Å². The molecule has 0 saturated heterocycles. The second kappa shape index (κ2) is 9.98. The lowest BCUT2D eigenvalue weighted by Crippen LogP contribution is -2.62. The van der Waals surface area contributed by atoms with Gasteiger partial charge < -0.3 is 9.47 Å². The highest BCUT2D eigenvalue weighted by molar-refractivity contribution is 7.69. The molecule has 1 saturated carbocycles. The monoisotopic (exact) mass is 580 g/mol. The van der Waals surface area contributed by atoms with E-state index in [1.807, 2.05) is 0 Å². The van der Waals surface area contributed by atoms with Crippen molar-refractivity contribution in [3.8, 4) is 11.5 Å². The van der Waals surface area contributed by atoms with Gasteiger partial charge >= 0.3 is 0 Å². The first kappa shape index (κ1) is 30.4. The van der Waals surface area contributed by atoms with E-state index in [9.17, 15) is 0 Å². The molecule has 0 radical (unpaired) electrons. The highest BCUT2D eigenvalue weighted by Crippen LogP contribution is 2.63. The van der Waals surface area contributed by atoms with Crippen molar-refractivity contribution >= 4 is 26.5 Å². The van der Waals surface area contributed by atoms with E-state index in [-0.39, 0.29) is 20.6 Å². The van der Waals surface area contributed by atoms with Crippen LogP contribution in [0.15, 0.2) is 36.4 Å². The molecule has 2 heterocycles. The van der Waals surface area contributed by atoms with E-state index in [1.165, 1.54) is 41.0 Å². The molecule has 220 valence electrons. The maximum atomic E-state index is 7.49. The van der Waals surface area contributed by atoms with Crippen molar-refractivity contribution in [3.05, 3.63) is 47.5 Å². The Kier molecular flexibility index (Phi) is 7.58. The van der Waals surface area contributed by atoms with Crippen LogP contribution in [0.25, 0.3) is 0 Å². The fourth-order valence-corrected chi connectivity index (χ4v) is 16.7. The van der Waals surface area contributed by atoms with Crippen LogP contribution in [0, 0.1) is 11.8 Å². The van der Waals surface area contributed by atoms with E-state index in [4.69, 9.17) is 9.47 Å². The molecule has 0 N–H and O–H groups in total. The van der Waals surface area contributed by atoms with Crippen LogP contribution >= 0.6 is 15.8 Å². The zero-order valence-corrected chi connectivity index (χ0v) is 29.2. The molecular formula is C36H54O2P2. The fourth-order valence-electron chi connectivity index (χ4n) is 8.55. The van der Waals surface area contributed by atoms with Gasteiger partial charge in [0.2, 0.25) is 0 Å². The Morgan fingerprint density at radius 1 is 0.575 bits per heavy atom. The number of benzene rings is 2. The van der Waals surface area contributed by atoms with Gasteiger partial charge in [-0.05, 0) is 57.4 Å². The molecular weight excluding hydrogens is 526 g/mol. The van der Waals surface area contributed by atoms with E-state index in [0.29, 0.717) is 11.8 Å². The minimum atomic E-state index is -0.571. The lowest BCUT2D eigenvalue weighted by Gasteiger charge is -2.55. The van der Waals surface area contributed by atoms with Crippen LogP contribution in [-0.2, 0) is 12.8 Å². The van der Waals surface area contributed by atoms with Crippen molar-refractivity contribution in [1.82, 2.24) is 0 Å². The van der Waals surface area contributed by atoms with Gasteiger partial charge in [-0.15, -0.1) is 0 Å². The molecule has 2 aliphatic heterocycles. The third-order valence-electron chi connectivity index (χ3n) is 9.02. The number of fused-ring (bicyclic) bond motifs is 2. The number of hydrogen-bond acceptors (Lipinski definition) is 2. The highest BCUT2D eigenvalue weighted by atomic mass is 31.1. The average molecular weight is 581 g/mol. The first-order valence-electron chi connectivity index (χ1n) is 15.6. The van der Waals surface area contributed by atoms with E-state index in [0.717, 1.165) is 24.3 Å². The summed E-state index contributed by atoms with van der Waals surface area (Å²) >= 11 is 0. The van der Waals surface area contributed by atoms with Crippen LogP contribution in [-0.4, -0.2) is 26.4 Å². The first-order valence-corrected chi connectivity index (χ1v) is 18.2. The van der Waals surface area contributed by atoms with Gasteiger partial charge in [-0.25, -0.2) is 0 Å². The standard InChI is InChI=1S/C36H54O2P2/c1-32(2,3)39(33(4,5)6)28-20-13-16-24-22-26-18-15-19-27-23-25-17-14-21-29(40(34(7,8)9)35(10,11)12)31(25)38-36(26,27)37-30(24)28/h13-14,16-17,20-21,26-27H,15,18-19,22-23H2,1-12H3/t26-,27?,36-/m1/s1. The molecule has 1 unspecified atom stereocenters. The fraction of sp³-hybridized carbons (Fsp3) is 0.667. The normalized spacial score (nSPS) is 24.9. The Bertz CT molecular complexity index is 1130. The second-order valence-corrected chi connectivity index (χ2v) is 24.2. The zero-order chi connectivity index (χ0) is 29.5. The summed E-state index contributed by atoms with van der Waals surface area (Å²) in [5.41, 5.74) is 2.79. The van der Waals surface area contributed by atoms with E-state index in [2.05, 4.69) is 119 Å². The molecule has 4 heteroatoms. The maximum absolute atomic E-state index is 7.49. The summed E-state index contributed by atoms with van der Waals surface area (Å²) in [7, 11) is -0.965. The average Bonchev–Trinajstić information content (AvgIpc) is 2.77. The molecule has 0 amide bonds. The van der Waals surface area contributed by atoms with Gasteiger partial charge in [-0.3, -0.25) is 0 Å². The van der Waals surface area contributed by atoms with Crippen LogP contribution in [0.1, 0.15) is 113 Å². The Hall–Kier alpha value is -1.10. The third-order valence-corrected chi connectivity index (χ3v) is 16.1. The molecule has 1 fully saturated rings. The van der Waals surface area contributed by atoms with Crippen molar-refractivity contribution in [2.45, 2.75) is 142 Å². The summed E-state index contributed by atoms with van der Waals surface area (Å²) in [5, 5.41) is 3.56. The number of hydrogen-bond donors (Lipinski definition) is 0. The lowest BCUT2D eigenvalue weighted by molar-refractivity contribution is -0.225. The molecule has 0 aromatic heterocycles. The molecule has 40 heavy (non-hydrogen) atoms. The summed E-state index contributed by atoms with van der Waals surface area (Å²) in [6, 6.07) is 14.0. The smallest absolute Gasteiger partial charge is 0.257 e.